The molecule has 2 aromatic carbocycles. The fourth-order valence-corrected chi connectivity index (χ4v) is 5.36. The SMILES string of the molecule is CC[C@@H](C)N(CC(=O)N1CCc2sccc2[C@H]1COc1ccc(F)cc1)C(=O)c1ccccc1C. The summed E-state index contributed by atoms with van der Waals surface area (Å²) in [4.78, 5) is 31.9. The molecule has 2 atom stereocenters. The molecule has 2 amide bonds. The zero-order valence-corrected chi connectivity index (χ0v) is 21.2. The molecule has 0 N–H and O–H groups in total. The molecule has 1 aromatic heterocycles. The summed E-state index contributed by atoms with van der Waals surface area (Å²) in [5.41, 5.74) is 2.59. The van der Waals surface area contributed by atoms with Gasteiger partial charge in [0, 0.05) is 23.0 Å². The number of ether oxygens (including phenoxy) is 1. The van der Waals surface area contributed by atoms with Gasteiger partial charge in [-0.1, -0.05) is 25.1 Å². The van der Waals surface area contributed by atoms with Gasteiger partial charge in [-0.3, -0.25) is 9.59 Å². The van der Waals surface area contributed by atoms with Gasteiger partial charge in [0.1, 0.15) is 24.7 Å². The van der Waals surface area contributed by atoms with Crippen molar-refractivity contribution in [3.05, 3.63) is 87.4 Å². The van der Waals surface area contributed by atoms with E-state index in [2.05, 4.69) is 0 Å². The lowest BCUT2D eigenvalue weighted by molar-refractivity contribution is -0.136. The van der Waals surface area contributed by atoms with Crippen LogP contribution < -0.4 is 4.74 Å². The number of carbonyl (C=O) groups excluding carboxylic acids is 2. The van der Waals surface area contributed by atoms with E-state index in [9.17, 15) is 14.0 Å². The first-order valence-corrected chi connectivity index (χ1v) is 12.9. The van der Waals surface area contributed by atoms with Crippen molar-refractivity contribution in [1.82, 2.24) is 9.80 Å². The molecule has 184 valence electrons. The lowest BCUT2D eigenvalue weighted by Gasteiger charge is -2.38. The second-order valence-electron chi connectivity index (χ2n) is 8.92. The van der Waals surface area contributed by atoms with Gasteiger partial charge in [0.25, 0.3) is 5.91 Å². The van der Waals surface area contributed by atoms with Crippen molar-refractivity contribution in [2.75, 3.05) is 19.7 Å². The summed E-state index contributed by atoms with van der Waals surface area (Å²) in [5, 5.41) is 2.04. The average molecular weight is 495 g/mol. The monoisotopic (exact) mass is 494 g/mol. The number of amides is 2. The molecular weight excluding hydrogens is 463 g/mol. The Labute approximate surface area is 210 Å². The predicted octanol–water partition coefficient (Wildman–Crippen LogP) is 5.64. The summed E-state index contributed by atoms with van der Waals surface area (Å²) in [5.74, 6) is 0.00226. The van der Waals surface area contributed by atoms with E-state index in [1.165, 1.54) is 17.0 Å². The third-order valence-corrected chi connectivity index (χ3v) is 7.70. The van der Waals surface area contributed by atoms with E-state index in [0.29, 0.717) is 17.9 Å². The maximum Gasteiger partial charge on any atom is 0.254 e. The van der Waals surface area contributed by atoms with Crippen molar-refractivity contribution >= 4 is 23.2 Å². The van der Waals surface area contributed by atoms with E-state index in [4.69, 9.17) is 4.74 Å². The second-order valence-corrected chi connectivity index (χ2v) is 9.92. The molecule has 0 spiro atoms. The number of rotatable bonds is 8. The van der Waals surface area contributed by atoms with Crippen molar-refractivity contribution in [3.63, 3.8) is 0 Å². The summed E-state index contributed by atoms with van der Waals surface area (Å²) in [6.45, 7) is 6.74. The first-order chi connectivity index (χ1) is 16.9. The number of nitrogens with zero attached hydrogens (tertiary/aromatic N) is 2. The van der Waals surface area contributed by atoms with Crippen LogP contribution in [0.15, 0.2) is 60.0 Å². The van der Waals surface area contributed by atoms with Crippen LogP contribution in [-0.4, -0.2) is 47.4 Å². The minimum atomic E-state index is -0.324. The molecule has 0 bridgehead atoms. The van der Waals surface area contributed by atoms with Gasteiger partial charge in [0.2, 0.25) is 5.91 Å². The Bertz CT molecular complexity index is 1180. The molecule has 1 aliphatic rings. The predicted molar refractivity (Wildman–Crippen MR) is 136 cm³/mol. The number of carbonyl (C=O) groups is 2. The smallest absolute Gasteiger partial charge is 0.254 e. The van der Waals surface area contributed by atoms with Gasteiger partial charge in [0.05, 0.1) is 6.04 Å². The minimum absolute atomic E-state index is 0.00862. The molecule has 0 aliphatic carbocycles. The van der Waals surface area contributed by atoms with Crippen LogP contribution in [0.3, 0.4) is 0 Å². The van der Waals surface area contributed by atoms with Crippen LogP contribution >= 0.6 is 11.3 Å². The Morgan fingerprint density at radius 3 is 2.63 bits per heavy atom. The van der Waals surface area contributed by atoms with Crippen LogP contribution in [-0.2, 0) is 11.2 Å². The number of benzene rings is 2. The fourth-order valence-electron chi connectivity index (χ4n) is 4.43. The van der Waals surface area contributed by atoms with Crippen LogP contribution in [0.5, 0.6) is 5.75 Å². The molecule has 3 aromatic rings. The summed E-state index contributed by atoms with van der Waals surface area (Å²) in [6.07, 6.45) is 1.53. The zero-order valence-electron chi connectivity index (χ0n) is 20.4. The molecule has 0 unspecified atom stereocenters. The van der Waals surface area contributed by atoms with E-state index in [-0.39, 0.29) is 42.9 Å². The Balaban J connectivity index is 1.55. The van der Waals surface area contributed by atoms with Gasteiger partial charge in [-0.05, 0) is 79.6 Å². The van der Waals surface area contributed by atoms with Crippen LogP contribution in [0, 0.1) is 12.7 Å². The topological polar surface area (TPSA) is 49.9 Å². The molecule has 0 radical (unpaired) electrons. The van der Waals surface area contributed by atoms with Gasteiger partial charge in [0.15, 0.2) is 0 Å². The fraction of sp³-hybridized carbons (Fsp3) is 0.357. The highest BCUT2D eigenvalue weighted by Crippen LogP contribution is 2.34. The van der Waals surface area contributed by atoms with Crippen molar-refractivity contribution in [2.45, 2.75) is 45.7 Å². The molecule has 35 heavy (non-hydrogen) atoms. The third kappa shape index (κ3) is 5.56. The van der Waals surface area contributed by atoms with Crippen LogP contribution in [0.25, 0.3) is 0 Å². The Kier molecular flexibility index (Phi) is 7.86. The number of thiophene rings is 1. The lowest BCUT2D eigenvalue weighted by Crippen LogP contribution is -2.50. The average Bonchev–Trinajstić information content (AvgIpc) is 3.35. The highest BCUT2D eigenvalue weighted by molar-refractivity contribution is 7.10. The van der Waals surface area contributed by atoms with E-state index in [0.717, 1.165) is 24.0 Å². The number of hydrogen-bond donors (Lipinski definition) is 0. The second kappa shape index (κ2) is 11.0. The summed E-state index contributed by atoms with van der Waals surface area (Å²) in [7, 11) is 0. The van der Waals surface area contributed by atoms with Crippen molar-refractivity contribution < 1.29 is 18.7 Å². The highest BCUT2D eigenvalue weighted by atomic mass is 32.1. The first kappa shape index (κ1) is 24.9. The summed E-state index contributed by atoms with van der Waals surface area (Å²) in [6, 6.07) is 15.1. The molecular formula is C28H31FN2O3S. The molecule has 0 saturated heterocycles. The van der Waals surface area contributed by atoms with Gasteiger partial charge < -0.3 is 14.5 Å². The standard InChI is InChI=1S/C28H31FN2O3S/c1-4-20(3)31(28(33)23-8-6-5-7-19(23)2)17-27(32)30-15-13-26-24(14-16-35-26)25(30)18-34-22-11-9-21(29)10-12-22/h5-12,14,16,20,25H,4,13,15,17-18H2,1-3H3/t20-,25-/m1/s1. The van der Waals surface area contributed by atoms with Gasteiger partial charge in [-0.25, -0.2) is 4.39 Å². The van der Waals surface area contributed by atoms with Crippen LogP contribution in [0.1, 0.15) is 52.7 Å². The summed E-state index contributed by atoms with van der Waals surface area (Å²) >= 11 is 1.69. The molecule has 5 nitrogen and oxygen atoms in total. The van der Waals surface area contributed by atoms with Crippen molar-refractivity contribution in [3.8, 4) is 5.75 Å². The molecule has 2 heterocycles. The zero-order chi connectivity index (χ0) is 24.9. The van der Waals surface area contributed by atoms with Gasteiger partial charge in [-0.2, -0.15) is 0 Å². The maximum absolute atomic E-state index is 13.7. The number of halogens is 1. The molecule has 0 saturated carbocycles. The molecule has 4 rings (SSSR count). The van der Waals surface area contributed by atoms with Gasteiger partial charge in [-0.15, -0.1) is 11.3 Å². The number of aryl methyl sites for hydroxylation is 1. The Hall–Kier alpha value is -3.19. The first-order valence-electron chi connectivity index (χ1n) is 12.0. The Morgan fingerprint density at radius 1 is 1.17 bits per heavy atom. The summed E-state index contributed by atoms with van der Waals surface area (Å²) < 4.78 is 19.3. The van der Waals surface area contributed by atoms with E-state index in [1.807, 2.05) is 61.4 Å². The van der Waals surface area contributed by atoms with Crippen molar-refractivity contribution in [1.29, 1.82) is 0 Å². The molecule has 0 fully saturated rings. The minimum Gasteiger partial charge on any atom is -0.491 e. The van der Waals surface area contributed by atoms with Crippen LogP contribution in [0.2, 0.25) is 0 Å². The van der Waals surface area contributed by atoms with E-state index >= 15 is 0 Å². The highest BCUT2D eigenvalue weighted by Gasteiger charge is 2.34. The van der Waals surface area contributed by atoms with Gasteiger partial charge >= 0.3 is 0 Å². The third-order valence-electron chi connectivity index (χ3n) is 6.70. The quantitative estimate of drug-likeness (QED) is 0.407. The maximum atomic E-state index is 13.7. The molecule has 7 heteroatoms. The van der Waals surface area contributed by atoms with Crippen LogP contribution in [0.4, 0.5) is 4.39 Å². The van der Waals surface area contributed by atoms with E-state index < -0.39 is 0 Å². The lowest BCUT2D eigenvalue weighted by atomic mass is 10.00. The molecule has 1 aliphatic heterocycles. The van der Waals surface area contributed by atoms with E-state index in [1.54, 1.807) is 28.4 Å². The Morgan fingerprint density at radius 2 is 1.91 bits per heavy atom. The number of hydrogen-bond acceptors (Lipinski definition) is 4. The van der Waals surface area contributed by atoms with Crippen molar-refractivity contribution in [2.24, 2.45) is 0 Å². The normalized spacial score (nSPS) is 15.9. The number of fused-ring (bicyclic) bond motifs is 1. The largest absolute Gasteiger partial charge is 0.491 e.